The summed E-state index contributed by atoms with van der Waals surface area (Å²) >= 11 is 0. The minimum absolute atomic E-state index is 0.201. The summed E-state index contributed by atoms with van der Waals surface area (Å²) in [6.07, 6.45) is 5.51. The van der Waals surface area contributed by atoms with E-state index in [0.29, 0.717) is 12.7 Å². The van der Waals surface area contributed by atoms with Crippen molar-refractivity contribution in [3.63, 3.8) is 0 Å². The molecule has 0 aromatic heterocycles. The number of rotatable bonds is 8. The van der Waals surface area contributed by atoms with Gasteiger partial charge in [0.15, 0.2) is 0 Å². The smallest absolute Gasteiger partial charge is 0.0936 e. The van der Waals surface area contributed by atoms with Gasteiger partial charge in [-0.25, -0.2) is 0 Å². The first kappa shape index (κ1) is 15.9. The van der Waals surface area contributed by atoms with Gasteiger partial charge in [-0.2, -0.15) is 0 Å². The van der Waals surface area contributed by atoms with Gasteiger partial charge in [0.05, 0.1) is 18.8 Å². The third kappa shape index (κ3) is 5.68. The minimum Gasteiger partial charge on any atom is -0.382 e. The predicted molar refractivity (Wildman–Crippen MR) is 75.9 cm³/mol. The molecule has 1 aliphatic rings. The topological polar surface area (TPSA) is 30.5 Å². The van der Waals surface area contributed by atoms with Gasteiger partial charge in [0.1, 0.15) is 0 Å². The Hall–Kier alpha value is -0.120. The van der Waals surface area contributed by atoms with Crippen molar-refractivity contribution >= 4 is 0 Å². The lowest BCUT2D eigenvalue weighted by Crippen LogP contribution is -2.38. The highest BCUT2D eigenvalue weighted by molar-refractivity contribution is 4.77. The van der Waals surface area contributed by atoms with E-state index < -0.39 is 0 Å². The average molecular weight is 257 g/mol. The summed E-state index contributed by atoms with van der Waals surface area (Å²) in [5, 5.41) is 3.42. The maximum Gasteiger partial charge on any atom is 0.0936 e. The van der Waals surface area contributed by atoms with Crippen molar-refractivity contribution in [3.8, 4) is 0 Å². The van der Waals surface area contributed by atoms with E-state index in [1.807, 2.05) is 0 Å². The monoisotopic (exact) mass is 257 g/mol. The molecule has 1 fully saturated rings. The van der Waals surface area contributed by atoms with Crippen LogP contribution in [0.2, 0.25) is 0 Å². The molecule has 4 atom stereocenters. The molecule has 1 N–H and O–H groups in total. The molecule has 0 aliphatic heterocycles. The zero-order chi connectivity index (χ0) is 13.4. The molecule has 1 aliphatic carbocycles. The first-order valence-electron chi connectivity index (χ1n) is 7.52. The highest BCUT2D eigenvalue weighted by atomic mass is 16.5. The van der Waals surface area contributed by atoms with Crippen LogP contribution in [0.3, 0.4) is 0 Å². The quantitative estimate of drug-likeness (QED) is 0.678. The van der Waals surface area contributed by atoms with Gasteiger partial charge in [-0.05, 0) is 44.1 Å². The van der Waals surface area contributed by atoms with Crippen LogP contribution in [0.4, 0.5) is 0 Å². The van der Waals surface area contributed by atoms with Crippen LogP contribution in [0, 0.1) is 11.8 Å². The summed E-state index contributed by atoms with van der Waals surface area (Å²) in [4.78, 5) is 0. The number of hydrogen-bond donors (Lipinski definition) is 1. The lowest BCUT2D eigenvalue weighted by molar-refractivity contribution is -0.0718. The first-order chi connectivity index (χ1) is 8.67. The van der Waals surface area contributed by atoms with E-state index in [0.717, 1.165) is 31.3 Å². The zero-order valence-electron chi connectivity index (χ0n) is 12.6. The summed E-state index contributed by atoms with van der Waals surface area (Å²) in [6.45, 7) is 9.54. The van der Waals surface area contributed by atoms with Crippen molar-refractivity contribution in [1.29, 1.82) is 0 Å². The van der Waals surface area contributed by atoms with Crippen LogP contribution in [-0.2, 0) is 9.47 Å². The van der Waals surface area contributed by atoms with Gasteiger partial charge >= 0.3 is 0 Å². The van der Waals surface area contributed by atoms with Gasteiger partial charge in [-0.15, -0.1) is 0 Å². The van der Waals surface area contributed by atoms with E-state index >= 15 is 0 Å². The van der Waals surface area contributed by atoms with Crippen molar-refractivity contribution in [2.75, 3.05) is 26.8 Å². The summed E-state index contributed by atoms with van der Waals surface area (Å²) < 4.78 is 11.5. The highest BCUT2D eigenvalue weighted by Crippen LogP contribution is 2.31. The van der Waals surface area contributed by atoms with Crippen LogP contribution in [0.5, 0.6) is 0 Å². The third-order valence-corrected chi connectivity index (χ3v) is 4.09. The number of ether oxygens (including phenoxy) is 2. The molecule has 0 bridgehead atoms. The lowest BCUT2D eigenvalue weighted by Gasteiger charge is -2.34. The van der Waals surface area contributed by atoms with E-state index in [2.05, 4.69) is 26.1 Å². The second-order valence-corrected chi connectivity index (χ2v) is 5.81. The molecule has 4 unspecified atom stereocenters. The van der Waals surface area contributed by atoms with E-state index in [-0.39, 0.29) is 6.10 Å². The van der Waals surface area contributed by atoms with Crippen LogP contribution < -0.4 is 5.32 Å². The van der Waals surface area contributed by atoms with Crippen LogP contribution >= 0.6 is 0 Å². The molecule has 0 aromatic rings. The molecule has 0 aromatic carbocycles. The number of nitrogens with one attached hydrogen (secondary N) is 1. The molecule has 3 nitrogen and oxygen atoms in total. The molecular formula is C15H31NO2. The fourth-order valence-corrected chi connectivity index (χ4v) is 2.67. The highest BCUT2D eigenvalue weighted by Gasteiger charge is 2.26. The Morgan fingerprint density at radius 2 is 2.00 bits per heavy atom. The van der Waals surface area contributed by atoms with Gasteiger partial charge < -0.3 is 14.8 Å². The van der Waals surface area contributed by atoms with Crippen molar-refractivity contribution in [1.82, 2.24) is 5.32 Å². The standard InChI is InChI=1S/C15H31NO2/c1-5-8-16-10-15(11-17-4)18-14-7-6-12(2)13(3)9-14/h12-16H,5-11H2,1-4H3. The minimum atomic E-state index is 0.201. The van der Waals surface area contributed by atoms with E-state index in [9.17, 15) is 0 Å². The van der Waals surface area contributed by atoms with Gasteiger partial charge in [-0.1, -0.05) is 20.8 Å². The molecule has 108 valence electrons. The first-order valence-corrected chi connectivity index (χ1v) is 7.52. The summed E-state index contributed by atoms with van der Waals surface area (Å²) in [6, 6.07) is 0. The van der Waals surface area contributed by atoms with Crippen molar-refractivity contribution < 1.29 is 9.47 Å². The zero-order valence-corrected chi connectivity index (χ0v) is 12.6. The Labute approximate surface area is 113 Å². The molecule has 0 radical (unpaired) electrons. The Morgan fingerprint density at radius 1 is 1.22 bits per heavy atom. The normalized spacial score (nSPS) is 30.3. The molecule has 1 rings (SSSR count). The van der Waals surface area contributed by atoms with Crippen molar-refractivity contribution in [2.45, 2.75) is 58.7 Å². The fourth-order valence-electron chi connectivity index (χ4n) is 2.67. The second kappa shape index (κ2) is 8.89. The largest absolute Gasteiger partial charge is 0.382 e. The molecule has 0 amide bonds. The van der Waals surface area contributed by atoms with Crippen LogP contribution in [0.1, 0.15) is 46.5 Å². The lowest BCUT2D eigenvalue weighted by atomic mass is 9.80. The fraction of sp³-hybridized carbons (Fsp3) is 1.00. The number of methoxy groups -OCH3 is 1. The van der Waals surface area contributed by atoms with Gasteiger partial charge in [-0.3, -0.25) is 0 Å². The molecule has 0 spiro atoms. The van der Waals surface area contributed by atoms with E-state index in [1.165, 1.54) is 19.3 Å². The van der Waals surface area contributed by atoms with Gasteiger partial charge in [0, 0.05) is 13.7 Å². The Balaban J connectivity index is 2.30. The van der Waals surface area contributed by atoms with Crippen LogP contribution in [0.15, 0.2) is 0 Å². The van der Waals surface area contributed by atoms with Gasteiger partial charge in [0.25, 0.3) is 0 Å². The summed E-state index contributed by atoms with van der Waals surface area (Å²) in [5.41, 5.74) is 0. The molecule has 3 heteroatoms. The Morgan fingerprint density at radius 3 is 2.61 bits per heavy atom. The average Bonchev–Trinajstić information content (AvgIpc) is 2.34. The van der Waals surface area contributed by atoms with Crippen molar-refractivity contribution in [2.24, 2.45) is 11.8 Å². The molecule has 0 saturated heterocycles. The molecular weight excluding hydrogens is 226 g/mol. The molecule has 0 heterocycles. The van der Waals surface area contributed by atoms with Crippen LogP contribution in [0.25, 0.3) is 0 Å². The second-order valence-electron chi connectivity index (χ2n) is 5.81. The maximum absolute atomic E-state index is 6.21. The predicted octanol–water partition coefficient (Wildman–Crippen LogP) is 2.84. The van der Waals surface area contributed by atoms with E-state index in [4.69, 9.17) is 9.47 Å². The van der Waals surface area contributed by atoms with Crippen LogP contribution in [-0.4, -0.2) is 39.0 Å². The van der Waals surface area contributed by atoms with E-state index in [1.54, 1.807) is 7.11 Å². The summed E-state index contributed by atoms with van der Waals surface area (Å²) in [7, 11) is 1.75. The van der Waals surface area contributed by atoms with Crippen molar-refractivity contribution in [3.05, 3.63) is 0 Å². The SMILES string of the molecule is CCCNCC(COC)OC1CCC(C)C(C)C1. The Kier molecular flexibility index (Phi) is 7.87. The molecule has 1 saturated carbocycles. The molecule has 18 heavy (non-hydrogen) atoms. The number of hydrogen-bond acceptors (Lipinski definition) is 3. The third-order valence-electron chi connectivity index (χ3n) is 4.09. The summed E-state index contributed by atoms with van der Waals surface area (Å²) in [5.74, 6) is 1.64. The Bertz CT molecular complexity index is 211. The maximum atomic E-state index is 6.21. The van der Waals surface area contributed by atoms with Gasteiger partial charge in [0.2, 0.25) is 0 Å².